The number of rotatable bonds is 5. The van der Waals surface area contributed by atoms with Gasteiger partial charge in [0.25, 0.3) is 0 Å². The smallest absolute Gasteiger partial charge is 0.325 e. The highest BCUT2D eigenvalue weighted by Gasteiger charge is 2.13. The number of hydrogen-bond acceptors (Lipinski definition) is 3. The normalized spacial score (nSPS) is 11.6. The molecule has 5 nitrogen and oxygen atoms in total. The molecule has 0 saturated carbocycles. The van der Waals surface area contributed by atoms with Crippen molar-refractivity contribution in [2.45, 2.75) is 19.9 Å². The fraction of sp³-hybridized carbons (Fsp3) is 0.385. The van der Waals surface area contributed by atoms with E-state index in [0.717, 1.165) is 5.56 Å². The molecule has 0 aliphatic rings. The van der Waals surface area contributed by atoms with Crippen molar-refractivity contribution in [1.82, 2.24) is 10.6 Å². The van der Waals surface area contributed by atoms with Crippen molar-refractivity contribution < 1.29 is 14.3 Å². The van der Waals surface area contributed by atoms with E-state index in [1.165, 1.54) is 0 Å². The summed E-state index contributed by atoms with van der Waals surface area (Å²) in [5, 5.41) is 6.07. The third-order valence-corrected chi connectivity index (χ3v) is 3.04. The van der Waals surface area contributed by atoms with Crippen LogP contribution in [-0.2, 0) is 9.53 Å². The number of hydrogen-bond donors (Lipinski definition) is 2. The first-order valence-corrected chi connectivity index (χ1v) is 6.84. The summed E-state index contributed by atoms with van der Waals surface area (Å²) in [6.45, 7) is 3.57. The zero-order valence-corrected chi connectivity index (χ0v) is 12.7. The van der Waals surface area contributed by atoms with Crippen molar-refractivity contribution in [2.75, 3.05) is 13.2 Å². The summed E-state index contributed by atoms with van der Waals surface area (Å²) in [6, 6.07) is 4.24. The quantitative estimate of drug-likeness (QED) is 0.820. The molecule has 1 unspecified atom stereocenters. The second kappa shape index (κ2) is 7.97. The highest BCUT2D eigenvalue weighted by Crippen LogP contribution is 2.25. The Kier molecular flexibility index (Phi) is 6.61. The van der Waals surface area contributed by atoms with Crippen molar-refractivity contribution in [3.8, 4) is 0 Å². The molecule has 1 atom stereocenters. The molecule has 110 valence electrons. The van der Waals surface area contributed by atoms with E-state index in [4.69, 9.17) is 27.9 Å². The number of esters is 1. The zero-order valence-electron chi connectivity index (χ0n) is 11.2. The number of amides is 2. The second-order valence-corrected chi connectivity index (χ2v) is 4.86. The molecule has 0 spiro atoms. The van der Waals surface area contributed by atoms with E-state index >= 15 is 0 Å². The first kappa shape index (κ1) is 16.6. The first-order chi connectivity index (χ1) is 9.43. The maximum absolute atomic E-state index is 11.6. The Morgan fingerprint density at radius 1 is 1.35 bits per heavy atom. The van der Waals surface area contributed by atoms with Gasteiger partial charge >= 0.3 is 12.0 Å². The van der Waals surface area contributed by atoms with Gasteiger partial charge in [0.15, 0.2) is 0 Å². The average molecular weight is 319 g/mol. The van der Waals surface area contributed by atoms with Crippen LogP contribution in [0.1, 0.15) is 25.5 Å². The average Bonchev–Trinajstić information content (AvgIpc) is 2.36. The van der Waals surface area contributed by atoms with Crippen molar-refractivity contribution in [3.05, 3.63) is 33.8 Å². The summed E-state index contributed by atoms with van der Waals surface area (Å²) in [5.41, 5.74) is 0.738. The molecule has 1 aromatic rings. The summed E-state index contributed by atoms with van der Waals surface area (Å²) < 4.78 is 4.70. The van der Waals surface area contributed by atoms with Crippen molar-refractivity contribution in [1.29, 1.82) is 0 Å². The zero-order chi connectivity index (χ0) is 15.1. The Balaban J connectivity index is 2.51. The maximum Gasteiger partial charge on any atom is 0.325 e. The lowest BCUT2D eigenvalue weighted by Gasteiger charge is -2.16. The van der Waals surface area contributed by atoms with Gasteiger partial charge in [-0.3, -0.25) is 4.79 Å². The molecule has 1 aromatic carbocycles. The highest BCUT2D eigenvalue weighted by atomic mass is 35.5. The van der Waals surface area contributed by atoms with E-state index in [0.29, 0.717) is 10.0 Å². The lowest BCUT2D eigenvalue weighted by molar-refractivity contribution is -0.141. The van der Waals surface area contributed by atoms with Gasteiger partial charge in [0.2, 0.25) is 0 Å². The lowest BCUT2D eigenvalue weighted by atomic mass is 10.1. The summed E-state index contributed by atoms with van der Waals surface area (Å²) in [5.74, 6) is -0.486. The van der Waals surface area contributed by atoms with Crippen LogP contribution < -0.4 is 10.6 Å². The van der Waals surface area contributed by atoms with Crippen LogP contribution in [0.4, 0.5) is 4.79 Å². The minimum atomic E-state index is -0.486. The predicted octanol–water partition coefficient (Wildman–Crippen LogP) is 2.92. The van der Waals surface area contributed by atoms with Gasteiger partial charge in [-0.1, -0.05) is 29.3 Å². The van der Waals surface area contributed by atoms with Crippen LogP contribution >= 0.6 is 23.2 Å². The van der Waals surface area contributed by atoms with Crippen LogP contribution in [0, 0.1) is 0 Å². The third-order valence-electron chi connectivity index (χ3n) is 2.48. The number of benzene rings is 1. The monoisotopic (exact) mass is 318 g/mol. The summed E-state index contributed by atoms with van der Waals surface area (Å²) in [6.07, 6.45) is 0. The SMILES string of the molecule is CCOC(=O)CNC(=O)NC(C)c1ccc(Cl)cc1Cl. The summed E-state index contributed by atoms with van der Waals surface area (Å²) in [4.78, 5) is 22.7. The first-order valence-electron chi connectivity index (χ1n) is 6.09. The minimum absolute atomic E-state index is 0.180. The number of carbonyl (C=O) groups is 2. The van der Waals surface area contributed by atoms with Gasteiger partial charge < -0.3 is 15.4 Å². The molecular weight excluding hydrogens is 303 g/mol. The third kappa shape index (κ3) is 5.27. The molecule has 2 amide bonds. The molecule has 0 radical (unpaired) electrons. The molecular formula is C13H16Cl2N2O3. The molecule has 0 aliphatic carbocycles. The van der Waals surface area contributed by atoms with E-state index in [9.17, 15) is 9.59 Å². The molecule has 0 fully saturated rings. The lowest BCUT2D eigenvalue weighted by Crippen LogP contribution is -2.40. The van der Waals surface area contributed by atoms with E-state index < -0.39 is 12.0 Å². The molecule has 20 heavy (non-hydrogen) atoms. The van der Waals surface area contributed by atoms with Crippen LogP contribution in [-0.4, -0.2) is 25.2 Å². The molecule has 0 bridgehead atoms. The molecule has 0 heterocycles. The number of carbonyl (C=O) groups excluding carboxylic acids is 2. The Hall–Kier alpha value is -1.46. The predicted molar refractivity (Wildman–Crippen MR) is 78.0 cm³/mol. The van der Waals surface area contributed by atoms with E-state index in [1.54, 1.807) is 32.0 Å². The molecule has 0 aliphatic heterocycles. The van der Waals surface area contributed by atoms with Crippen LogP contribution in [0.3, 0.4) is 0 Å². The van der Waals surface area contributed by atoms with Crippen LogP contribution in [0.2, 0.25) is 10.0 Å². The van der Waals surface area contributed by atoms with E-state index in [2.05, 4.69) is 10.6 Å². The highest BCUT2D eigenvalue weighted by molar-refractivity contribution is 6.35. The Morgan fingerprint density at radius 2 is 2.05 bits per heavy atom. The van der Waals surface area contributed by atoms with Crippen LogP contribution in [0.25, 0.3) is 0 Å². The van der Waals surface area contributed by atoms with E-state index in [1.807, 2.05) is 0 Å². The Bertz CT molecular complexity index is 495. The number of halogens is 2. The minimum Gasteiger partial charge on any atom is -0.465 e. The molecule has 0 saturated heterocycles. The molecule has 1 rings (SSSR count). The van der Waals surface area contributed by atoms with E-state index in [-0.39, 0.29) is 19.2 Å². The molecule has 0 aromatic heterocycles. The van der Waals surface area contributed by atoms with Gasteiger partial charge in [0.1, 0.15) is 6.54 Å². The largest absolute Gasteiger partial charge is 0.465 e. The Morgan fingerprint density at radius 3 is 2.65 bits per heavy atom. The fourth-order valence-electron chi connectivity index (χ4n) is 1.54. The van der Waals surface area contributed by atoms with Crippen molar-refractivity contribution >= 4 is 35.2 Å². The van der Waals surface area contributed by atoms with Gasteiger partial charge in [0.05, 0.1) is 12.6 Å². The van der Waals surface area contributed by atoms with Crippen LogP contribution in [0.5, 0.6) is 0 Å². The molecule has 2 N–H and O–H groups in total. The van der Waals surface area contributed by atoms with Crippen molar-refractivity contribution in [3.63, 3.8) is 0 Å². The number of urea groups is 1. The van der Waals surface area contributed by atoms with Gasteiger partial charge in [0, 0.05) is 10.0 Å². The van der Waals surface area contributed by atoms with Gasteiger partial charge in [-0.05, 0) is 31.5 Å². The van der Waals surface area contributed by atoms with Gasteiger partial charge in [-0.2, -0.15) is 0 Å². The second-order valence-electron chi connectivity index (χ2n) is 4.02. The summed E-state index contributed by atoms with van der Waals surface area (Å²) in [7, 11) is 0. The maximum atomic E-state index is 11.6. The standard InChI is InChI=1S/C13H16Cl2N2O3/c1-3-20-12(18)7-16-13(19)17-8(2)10-5-4-9(14)6-11(10)15/h4-6,8H,3,7H2,1-2H3,(H2,16,17,19). The molecule has 7 heteroatoms. The van der Waals surface area contributed by atoms with Crippen molar-refractivity contribution in [2.24, 2.45) is 0 Å². The van der Waals surface area contributed by atoms with Gasteiger partial charge in [-0.25, -0.2) is 4.79 Å². The number of nitrogens with one attached hydrogen (secondary N) is 2. The number of ether oxygens (including phenoxy) is 1. The fourth-order valence-corrected chi connectivity index (χ4v) is 2.11. The topological polar surface area (TPSA) is 67.4 Å². The Labute approximate surface area is 127 Å². The van der Waals surface area contributed by atoms with Gasteiger partial charge in [-0.15, -0.1) is 0 Å². The van der Waals surface area contributed by atoms with Crippen LogP contribution in [0.15, 0.2) is 18.2 Å². The summed E-state index contributed by atoms with van der Waals surface area (Å²) >= 11 is 11.9.